The summed E-state index contributed by atoms with van der Waals surface area (Å²) in [5, 5.41) is 0. The number of aromatic nitrogens is 2. The van der Waals surface area contributed by atoms with Crippen LogP contribution < -0.4 is 19.1 Å². The monoisotopic (exact) mass is 485 g/mol. The van der Waals surface area contributed by atoms with E-state index in [0.29, 0.717) is 21.7 Å². The molecule has 0 fully saturated rings. The van der Waals surface area contributed by atoms with Gasteiger partial charge < -0.3 is 14.2 Å². The van der Waals surface area contributed by atoms with E-state index >= 15 is 0 Å². The van der Waals surface area contributed by atoms with Gasteiger partial charge in [-0.2, -0.15) is 4.98 Å². The van der Waals surface area contributed by atoms with E-state index < -0.39 is 11.8 Å². The van der Waals surface area contributed by atoms with E-state index in [9.17, 15) is 9.59 Å². The fraction of sp³-hybridized carbons (Fsp3) is 0.182. The maximum absolute atomic E-state index is 13.4. The molecule has 1 heterocycles. The third-order valence-corrected chi connectivity index (χ3v) is 5.36. The number of benzene rings is 2. The van der Waals surface area contributed by atoms with Crippen molar-refractivity contribution in [3.05, 3.63) is 69.8 Å². The molecule has 0 saturated heterocycles. The van der Waals surface area contributed by atoms with Crippen molar-refractivity contribution in [3.8, 4) is 17.4 Å². The lowest BCUT2D eigenvalue weighted by molar-refractivity contribution is 0.0895. The Balaban J connectivity index is 2.11. The first-order chi connectivity index (χ1) is 14.9. The van der Waals surface area contributed by atoms with E-state index in [0.717, 1.165) is 4.90 Å². The van der Waals surface area contributed by atoms with Crippen molar-refractivity contribution >= 4 is 33.7 Å². The summed E-state index contributed by atoms with van der Waals surface area (Å²) in [5.74, 6) is 0.0974. The number of hydrogen-bond acceptors (Lipinski definition) is 7. The summed E-state index contributed by atoms with van der Waals surface area (Å²) in [6.07, 6.45) is 0. The van der Waals surface area contributed by atoms with Gasteiger partial charge in [0.2, 0.25) is 11.8 Å². The zero-order chi connectivity index (χ0) is 22.5. The number of anilines is 1. The topological polar surface area (TPSA) is 90.9 Å². The maximum Gasteiger partial charge on any atom is 0.267 e. The van der Waals surface area contributed by atoms with Crippen LogP contribution in [0.4, 0.5) is 5.95 Å². The number of hydrogen-bond donors (Lipinski definition) is 0. The molecule has 2 aromatic carbocycles. The highest BCUT2D eigenvalue weighted by Crippen LogP contribution is 2.29. The molecule has 9 heteroatoms. The number of aryl methyl sites for hydroxylation is 1. The van der Waals surface area contributed by atoms with E-state index in [2.05, 4.69) is 25.9 Å². The quantitative estimate of drug-likeness (QED) is 0.486. The summed E-state index contributed by atoms with van der Waals surface area (Å²) < 4.78 is 16.1. The molecule has 0 bridgehead atoms. The molecule has 0 saturated carbocycles. The molecular formula is C22H20BrN3O5. The second-order valence-electron chi connectivity index (χ2n) is 6.33. The molecule has 0 aliphatic carbocycles. The number of rotatable bonds is 6. The van der Waals surface area contributed by atoms with Crippen molar-refractivity contribution in [3.63, 3.8) is 0 Å². The second kappa shape index (κ2) is 9.57. The van der Waals surface area contributed by atoms with Crippen LogP contribution in [0.3, 0.4) is 0 Å². The molecule has 0 aliphatic heterocycles. The highest BCUT2D eigenvalue weighted by molar-refractivity contribution is 9.10. The standard InChI is InChI=1S/C22H20BrN3O5/c1-13-18(23)19(31-4)25-22(24-13)26(20(27)14-5-9-16(29-2)10-6-14)21(28)15-7-11-17(30-3)12-8-15/h5-12H,1-4H3. The highest BCUT2D eigenvalue weighted by atomic mass is 79.9. The van der Waals surface area contributed by atoms with E-state index in [1.165, 1.54) is 21.3 Å². The number of imide groups is 1. The number of carbonyl (C=O) groups excluding carboxylic acids is 2. The predicted octanol–water partition coefficient (Wildman–Crippen LogP) is 4.06. The molecule has 2 amide bonds. The first-order valence-corrected chi connectivity index (χ1v) is 9.94. The van der Waals surface area contributed by atoms with Gasteiger partial charge in [0, 0.05) is 11.1 Å². The first-order valence-electron chi connectivity index (χ1n) is 9.14. The largest absolute Gasteiger partial charge is 0.497 e. The molecule has 160 valence electrons. The average molecular weight is 486 g/mol. The summed E-state index contributed by atoms with van der Waals surface area (Å²) >= 11 is 3.35. The van der Waals surface area contributed by atoms with Gasteiger partial charge in [-0.05, 0) is 71.4 Å². The molecule has 0 N–H and O–H groups in total. The molecule has 0 radical (unpaired) electrons. The molecular weight excluding hydrogens is 466 g/mol. The average Bonchev–Trinajstić information content (AvgIpc) is 2.81. The van der Waals surface area contributed by atoms with Crippen LogP contribution in [0.1, 0.15) is 26.4 Å². The smallest absolute Gasteiger partial charge is 0.267 e. The van der Waals surface area contributed by atoms with Crippen LogP contribution in [0, 0.1) is 6.92 Å². The van der Waals surface area contributed by atoms with Gasteiger partial charge >= 0.3 is 0 Å². The number of ether oxygens (including phenoxy) is 3. The Morgan fingerprint density at radius 1 is 0.774 bits per heavy atom. The van der Waals surface area contributed by atoms with Crippen LogP contribution in [0.15, 0.2) is 53.0 Å². The normalized spacial score (nSPS) is 10.4. The second-order valence-corrected chi connectivity index (χ2v) is 7.13. The van der Waals surface area contributed by atoms with E-state index in [-0.39, 0.29) is 23.0 Å². The van der Waals surface area contributed by atoms with Crippen LogP contribution in [0.2, 0.25) is 0 Å². The molecule has 8 nitrogen and oxygen atoms in total. The summed E-state index contributed by atoms with van der Waals surface area (Å²) in [7, 11) is 4.50. The molecule has 0 spiro atoms. The molecule has 0 atom stereocenters. The van der Waals surface area contributed by atoms with Crippen molar-refractivity contribution in [2.24, 2.45) is 0 Å². The van der Waals surface area contributed by atoms with Crippen molar-refractivity contribution in [1.29, 1.82) is 0 Å². The summed E-state index contributed by atoms with van der Waals surface area (Å²) in [6.45, 7) is 1.71. The zero-order valence-electron chi connectivity index (χ0n) is 17.4. The van der Waals surface area contributed by atoms with Gasteiger partial charge in [-0.3, -0.25) is 9.59 Å². The number of nitrogens with zero attached hydrogens (tertiary/aromatic N) is 3. The van der Waals surface area contributed by atoms with Gasteiger partial charge in [0.25, 0.3) is 11.8 Å². The van der Waals surface area contributed by atoms with Gasteiger partial charge in [0.1, 0.15) is 16.0 Å². The Bertz CT molecular complexity index is 1040. The lowest BCUT2D eigenvalue weighted by Gasteiger charge is -2.20. The van der Waals surface area contributed by atoms with Gasteiger partial charge in [-0.1, -0.05) is 0 Å². The Hall–Kier alpha value is -3.46. The minimum absolute atomic E-state index is 0.0980. The Kier molecular flexibility index (Phi) is 6.86. The van der Waals surface area contributed by atoms with Gasteiger partial charge in [0.05, 0.1) is 27.0 Å². The maximum atomic E-state index is 13.4. The van der Waals surface area contributed by atoms with Crippen LogP contribution in [-0.4, -0.2) is 43.1 Å². The molecule has 0 aliphatic rings. The van der Waals surface area contributed by atoms with Crippen molar-refractivity contribution in [2.75, 3.05) is 26.2 Å². The lowest BCUT2D eigenvalue weighted by atomic mass is 10.1. The third-order valence-electron chi connectivity index (χ3n) is 4.45. The first kappa shape index (κ1) is 22.2. The fourth-order valence-electron chi connectivity index (χ4n) is 2.75. The van der Waals surface area contributed by atoms with E-state index in [1.54, 1.807) is 55.5 Å². The van der Waals surface area contributed by atoms with E-state index in [4.69, 9.17) is 14.2 Å². The van der Waals surface area contributed by atoms with Crippen LogP contribution in [0.5, 0.6) is 17.4 Å². The van der Waals surface area contributed by atoms with Crippen molar-refractivity contribution in [2.45, 2.75) is 6.92 Å². The summed E-state index contributed by atoms with van der Waals surface area (Å²) in [4.78, 5) is 36.3. The molecule has 3 rings (SSSR count). The SMILES string of the molecule is COc1ccc(C(=O)N(C(=O)c2ccc(OC)cc2)c2nc(C)c(Br)c(OC)n2)cc1. The third kappa shape index (κ3) is 4.66. The summed E-state index contributed by atoms with van der Waals surface area (Å²) in [6, 6.07) is 12.8. The molecule has 3 aromatic rings. The Morgan fingerprint density at radius 2 is 1.23 bits per heavy atom. The Morgan fingerprint density at radius 3 is 1.61 bits per heavy atom. The lowest BCUT2D eigenvalue weighted by Crippen LogP contribution is -2.38. The number of halogens is 1. The van der Waals surface area contributed by atoms with Crippen molar-refractivity contribution < 1.29 is 23.8 Å². The van der Waals surface area contributed by atoms with Crippen LogP contribution >= 0.6 is 15.9 Å². The van der Waals surface area contributed by atoms with Gasteiger partial charge in [-0.15, -0.1) is 0 Å². The van der Waals surface area contributed by atoms with Crippen molar-refractivity contribution in [1.82, 2.24) is 9.97 Å². The van der Waals surface area contributed by atoms with Crippen LogP contribution in [0.25, 0.3) is 0 Å². The zero-order valence-corrected chi connectivity index (χ0v) is 19.0. The van der Waals surface area contributed by atoms with Crippen LogP contribution in [-0.2, 0) is 0 Å². The minimum atomic E-state index is -0.591. The molecule has 31 heavy (non-hydrogen) atoms. The number of carbonyl (C=O) groups is 2. The fourth-order valence-corrected chi connectivity index (χ4v) is 3.09. The van der Waals surface area contributed by atoms with Gasteiger partial charge in [0.15, 0.2) is 0 Å². The number of amides is 2. The molecule has 1 aromatic heterocycles. The predicted molar refractivity (Wildman–Crippen MR) is 118 cm³/mol. The van der Waals surface area contributed by atoms with Gasteiger partial charge in [-0.25, -0.2) is 9.88 Å². The number of methoxy groups -OCH3 is 3. The Labute approximate surface area is 187 Å². The molecule has 0 unspecified atom stereocenters. The summed E-state index contributed by atoms with van der Waals surface area (Å²) in [5.41, 5.74) is 1.05. The van der Waals surface area contributed by atoms with E-state index in [1.807, 2.05) is 0 Å². The highest BCUT2D eigenvalue weighted by Gasteiger charge is 2.30. The minimum Gasteiger partial charge on any atom is -0.497 e.